The highest BCUT2D eigenvalue weighted by molar-refractivity contribution is 6.17. The average molecular weight is 561 g/mol. The average Bonchev–Trinajstić information content (AvgIpc) is 3.62. The molecule has 0 saturated heterocycles. The van der Waals surface area contributed by atoms with Gasteiger partial charge in [-0.2, -0.15) is 0 Å². The summed E-state index contributed by atoms with van der Waals surface area (Å²) in [6.45, 7) is 0. The lowest BCUT2D eigenvalue weighted by molar-refractivity contribution is 1.18. The molecule has 2 heteroatoms. The number of fused-ring (bicyclic) bond motifs is 6. The quantitative estimate of drug-likeness (QED) is 0.203. The van der Waals surface area contributed by atoms with Crippen molar-refractivity contribution in [3.8, 4) is 33.6 Å². The number of hydrogen-bond acceptors (Lipinski definition) is 0. The van der Waals surface area contributed by atoms with Gasteiger partial charge in [0.05, 0.1) is 22.1 Å². The van der Waals surface area contributed by atoms with Crippen molar-refractivity contribution >= 4 is 43.6 Å². The Morgan fingerprint density at radius 2 is 0.682 bits per heavy atom. The molecule has 0 bridgehead atoms. The van der Waals surface area contributed by atoms with Gasteiger partial charge < -0.3 is 9.13 Å². The van der Waals surface area contributed by atoms with Gasteiger partial charge in [-0.3, -0.25) is 0 Å². The second kappa shape index (κ2) is 9.86. The third kappa shape index (κ3) is 3.68. The Morgan fingerprint density at radius 1 is 0.295 bits per heavy atom. The zero-order valence-electron chi connectivity index (χ0n) is 24.1. The Morgan fingerprint density at radius 3 is 1.16 bits per heavy atom. The highest BCUT2D eigenvalue weighted by Gasteiger charge is 2.18. The van der Waals surface area contributed by atoms with Gasteiger partial charge in [0, 0.05) is 32.9 Å². The molecule has 9 aromatic rings. The van der Waals surface area contributed by atoms with Crippen LogP contribution in [0.1, 0.15) is 0 Å². The maximum Gasteiger partial charge on any atom is 0.0547 e. The molecule has 0 N–H and O–H groups in total. The van der Waals surface area contributed by atoms with E-state index in [-0.39, 0.29) is 0 Å². The van der Waals surface area contributed by atoms with Crippen molar-refractivity contribution in [1.82, 2.24) is 9.13 Å². The Labute approximate surface area is 255 Å². The van der Waals surface area contributed by atoms with Crippen LogP contribution in [0, 0.1) is 0 Å². The Hall–Kier alpha value is -5.86. The highest BCUT2D eigenvalue weighted by Crippen LogP contribution is 2.42. The van der Waals surface area contributed by atoms with Gasteiger partial charge in [0.1, 0.15) is 0 Å². The van der Waals surface area contributed by atoms with Crippen LogP contribution < -0.4 is 0 Å². The fourth-order valence-electron chi connectivity index (χ4n) is 7.08. The molecule has 0 amide bonds. The van der Waals surface area contributed by atoms with E-state index < -0.39 is 0 Å². The van der Waals surface area contributed by atoms with Crippen molar-refractivity contribution in [3.05, 3.63) is 170 Å². The molecular formula is C42H28N2. The third-order valence-electron chi connectivity index (χ3n) is 8.91. The first-order valence-corrected chi connectivity index (χ1v) is 15.1. The molecule has 44 heavy (non-hydrogen) atoms. The number of aromatic nitrogens is 2. The summed E-state index contributed by atoms with van der Waals surface area (Å²) >= 11 is 0. The predicted molar refractivity (Wildman–Crippen MR) is 186 cm³/mol. The van der Waals surface area contributed by atoms with Crippen molar-refractivity contribution in [2.24, 2.45) is 0 Å². The van der Waals surface area contributed by atoms with Crippen LogP contribution in [0.5, 0.6) is 0 Å². The molecule has 0 radical (unpaired) electrons. The van der Waals surface area contributed by atoms with E-state index in [0.717, 1.165) is 0 Å². The summed E-state index contributed by atoms with van der Waals surface area (Å²) in [6, 6.07) is 61.3. The third-order valence-corrected chi connectivity index (χ3v) is 8.91. The van der Waals surface area contributed by atoms with Crippen LogP contribution in [-0.2, 0) is 0 Å². The number of hydrogen-bond donors (Lipinski definition) is 0. The molecular weight excluding hydrogens is 532 g/mol. The number of rotatable bonds is 4. The smallest absolute Gasteiger partial charge is 0.0547 e. The van der Waals surface area contributed by atoms with Gasteiger partial charge in [0.15, 0.2) is 0 Å². The fraction of sp³-hybridized carbons (Fsp3) is 0. The van der Waals surface area contributed by atoms with E-state index in [1.54, 1.807) is 0 Å². The topological polar surface area (TPSA) is 9.86 Å². The van der Waals surface area contributed by atoms with E-state index in [4.69, 9.17) is 0 Å². The summed E-state index contributed by atoms with van der Waals surface area (Å²) in [5.74, 6) is 0. The van der Waals surface area contributed by atoms with Gasteiger partial charge in [-0.05, 0) is 76.9 Å². The standard InChI is InChI=1S/C42H28N2/c1-3-16-31(17-4-1)43-37-24-9-7-20-35(37)41-33(22-12-26-39(41)43)29-14-11-15-30(28-29)34-23-13-27-40-42(34)36-21-8-10-25-38(36)44(40)32-18-5-2-6-19-32/h1-28H. The zero-order chi connectivity index (χ0) is 29.0. The van der Waals surface area contributed by atoms with E-state index in [9.17, 15) is 0 Å². The van der Waals surface area contributed by atoms with Crippen molar-refractivity contribution in [3.63, 3.8) is 0 Å². The van der Waals surface area contributed by atoms with Crippen molar-refractivity contribution in [2.45, 2.75) is 0 Å². The van der Waals surface area contributed by atoms with Gasteiger partial charge in [0.2, 0.25) is 0 Å². The Balaban J connectivity index is 1.29. The van der Waals surface area contributed by atoms with Crippen LogP contribution >= 0.6 is 0 Å². The SMILES string of the molecule is c1ccc(-n2c3ccccc3c3c(-c4cccc(-c5cccc6c5c5ccccc5n6-c5ccccc5)c4)cccc32)cc1. The van der Waals surface area contributed by atoms with Gasteiger partial charge in [-0.15, -0.1) is 0 Å². The number of benzene rings is 7. The Kier molecular flexibility index (Phi) is 5.54. The van der Waals surface area contributed by atoms with Gasteiger partial charge in [0.25, 0.3) is 0 Å². The van der Waals surface area contributed by atoms with E-state index in [2.05, 4.69) is 179 Å². The molecule has 0 fully saturated rings. The van der Waals surface area contributed by atoms with Crippen LogP contribution in [0.3, 0.4) is 0 Å². The minimum Gasteiger partial charge on any atom is -0.309 e. The van der Waals surface area contributed by atoms with Crippen molar-refractivity contribution in [2.75, 3.05) is 0 Å². The van der Waals surface area contributed by atoms with E-state index in [1.165, 1.54) is 77.2 Å². The lowest BCUT2D eigenvalue weighted by atomic mass is 9.94. The summed E-state index contributed by atoms with van der Waals surface area (Å²) in [4.78, 5) is 0. The normalized spacial score (nSPS) is 11.6. The van der Waals surface area contributed by atoms with Crippen LogP contribution in [-0.4, -0.2) is 9.13 Å². The number of para-hydroxylation sites is 4. The molecule has 0 aliphatic carbocycles. The summed E-state index contributed by atoms with van der Waals surface area (Å²) in [5.41, 5.74) is 12.1. The number of nitrogens with zero attached hydrogens (tertiary/aromatic N) is 2. The van der Waals surface area contributed by atoms with Gasteiger partial charge >= 0.3 is 0 Å². The lowest BCUT2D eigenvalue weighted by Gasteiger charge is -2.11. The Bertz CT molecular complexity index is 2310. The zero-order valence-corrected chi connectivity index (χ0v) is 24.1. The highest BCUT2D eigenvalue weighted by atomic mass is 15.0. The summed E-state index contributed by atoms with van der Waals surface area (Å²) in [7, 11) is 0. The molecule has 0 saturated carbocycles. The fourth-order valence-corrected chi connectivity index (χ4v) is 7.08. The molecule has 9 rings (SSSR count). The molecule has 2 aromatic heterocycles. The largest absolute Gasteiger partial charge is 0.309 e. The summed E-state index contributed by atoms with van der Waals surface area (Å²) < 4.78 is 4.77. The minimum absolute atomic E-state index is 1.17. The first-order valence-electron chi connectivity index (χ1n) is 15.1. The minimum atomic E-state index is 1.17. The molecule has 0 spiro atoms. The van der Waals surface area contributed by atoms with Gasteiger partial charge in [-0.1, -0.05) is 115 Å². The maximum atomic E-state index is 2.39. The summed E-state index contributed by atoms with van der Waals surface area (Å²) in [6.07, 6.45) is 0. The molecule has 7 aromatic carbocycles. The van der Waals surface area contributed by atoms with E-state index in [1.807, 2.05) is 0 Å². The second-order valence-electron chi connectivity index (χ2n) is 11.4. The van der Waals surface area contributed by atoms with Crippen LogP contribution in [0.2, 0.25) is 0 Å². The molecule has 2 heterocycles. The first-order chi connectivity index (χ1) is 21.9. The van der Waals surface area contributed by atoms with E-state index in [0.29, 0.717) is 0 Å². The van der Waals surface area contributed by atoms with Crippen LogP contribution in [0.15, 0.2) is 170 Å². The molecule has 0 aliphatic rings. The summed E-state index contributed by atoms with van der Waals surface area (Å²) in [5, 5.41) is 5.09. The second-order valence-corrected chi connectivity index (χ2v) is 11.4. The van der Waals surface area contributed by atoms with E-state index >= 15 is 0 Å². The monoisotopic (exact) mass is 560 g/mol. The lowest BCUT2D eigenvalue weighted by Crippen LogP contribution is -1.93. The van der Waals surface area contributed by atoms with Crippen molar-refractivity contribution < 1.29 is 0 Å². The van der Waals surface area contributed by atoms with Crippen molar-refractivity contribution in [1.29, 1.82) is 0 Å². The predicted octanol–water partition coefficient (Wildman–Crippen LogP) is 11.2. The van der Waals surface area contributed by atoms with Gasteiger partial charge in [-0.25, -0.2) is 0 Å². The molecule has 0 atom stereocenters. The van der Waals surface area contributed by atoms with Crippen LogP contribution in [0.4, 0.5) is 0 Å². The molecule has 0 unspecified atom stereocenters. The van der Waals surface area contributed by atoms with Crippen LogP contribution in [0.25, 0.3) is 77.2 Å². The first kappa shape index (κ1) is 24.7. The molecule has 206 valence electrons. The molecule has 2 nitrogen and oxygen atoms in total. The molecule has 0 aliphatic heterocycles. The maximum absolute atomic E-state index is 2.39.